The van der Waals surface area contributed by atoms with E-state index in [0.717, 1.165) is 23.3 Å². The van der Waals surface area contributed by atoms with E-state index in [4.69, 9.17) is 4.52 Å². The second kappa shape index (κ2) is 10.3. The Morgan fingerprint density at radius 3 is 2.09 bits per heavy atom. The Balaban J connectivity index is 1.48. The standard InChI is InChI=1S/C26H22F3N3O2/c27-26(28,29)22-13-11-21(12-14-22)25(33)32(17-15-19-7-3-1-4-8-19)18-16-23-30-24(31-34-23)20-9-5-2-6-10-20/h1-14H,15-18H2. The van der Waals surface area contributed by atoms with Gasteiger partial charge in [-0.15, -0.1) is 0 Å². The number of hydrogen-bond donors (Lipinski definition) is 0. The number of benzene rings is 3. The van der Waals surface area contributed by atoms with Crippen LogP contribution in [0.3, 0.4) is 0 Å². The maximum absolute atomic E-state index is 13.2. The summed E-state index contributed by atoms with van der Waals surface area (Å²) in [4.78, 5) is 19.2. The third-order valence-corrected chi connectivity index (χ3v) is 5.36. The lowest BCUT2D eigenvalue weighted by Crippen LogP contribution is -2.35. The summed E-state index contributed by atoms with van der Waals surface area (Å²) in [6.07, 6.45) is -3.53. The highest BCUT2D eigenvalue weighted by molar-refractivity contribution is 5.94. The van der Waals surface area contributed by atoms with Crippen molar-refractivity contribution in [1.29, 1.82) is 0 Å². The molecule has 4 rings (SSSR count). The summed E-state index contributed by atoms with van der Waals surface area (Å²) in [5, 5.41) is 4.00. The summed E-state index contributed by atoms with van der Waals surface area (Å²) in [5.74, 6) is 0.483. The van der Waals surface area contributed by atoms with Crippen LogP contribution < -0.4 is 0 Å². The molecule has 0 aliphatic heterocycles. The minimum absolute atomic E-state index is 0.191. The van der Waals surface area contributed by atoms with E-state index in [-0.39, 0.29) is 18.0 Å². The van der Waals surface area contributed by atoms with Gasteiger partial charge in [-0.05, 0) is 36.2 Å². The minimum Gasteiger partial charge on any atom is -0.339 e. The normalized spacial score (nSPS) is 11.4. The van der Waals surface area contributed by atoms with Crippen LogP contribution in [-0.4, -0.2) is 34.0 Å². The monoisotopic (exact) mass is 465 g/mol. The Morgan fingerprint density at radius 2 is 1.44 bits per heavy atom. The molecular weight excluding hydrogens is 443 g/mol. The van der Waals surface area contributed by atoms with Gasteiger partial charge in [-0.25, -0.2) is 0 Å². The molecule has 174 valence electrons. The first-order valence-corrected chi connectivity index (χ1v) is 10.8. The molecule has 0 atom stereocenters. The Hall–Kier alpha value is -3.94. The number of carbonyl (C=O) groups is 1. The molecule has 1 heterocycles. The lowest BCUT2D eigenvalue weighted by Gasteiger charge is -2.22. The van der Waals surface area contributed by atoms with E-state index in [1.807, 2.05) is 60.7 Å². The van der Waals surface area contributed by atoms with E-state index >= 15 is 0 Å². The molecule has 0 N–H and O–H groups in total. The van der Waals surface area contributed by atoms with Crippen LogP contribution in [0.25, 0.3) is 11.4 Å². The zero-order valence-electron chi connectivity index (χ0n) is 18.2. The maximum Gasteiger partial charge on any atom is 0.416 e. The molecule has 3 aromatic carbocycles. The van der Waals surface area contributed by atoms with Crippen LogP contribution >= 0.6 is 0 Å². The van der Waals surface area contributed by atoms with Crippen molar-refractivity contribution in [1.82, 2.24) is 15.0 Å². The Bertz CT molecular complexity index is 1210. The highest BCUT2D eigenvalue weighted by Crippen LogP contribution is 2.29. The van der Waals surface area contributed by atoms with Crippen molar-refractivity contribution >= 4 is 5.91 Å². The van der Waals surface area contributed by atoms with Crippen LogP contribution in [0, 0.1) is 0 Å². The fraction of sp³-hybridized carbons (Fsp3) is 0.192. The molecule has 1 amide bonds. The summed E-state index contributed by atoms with van der Waals surface area (Å²) < 4.78 is 44.1. The van der Waals surface area contributed by atoms with Crippen LogP contribution in [0.15, 0.2) is 89.5 Å². The third kappa shape index (κ3) is 5.89. The van der Waals surface area contributed by atoms with Gasteiger partial charge < -0.3 is 9.42 Å². The Labute approximate surface area is 194 Å². The summed E-state index contributed by atoms with van der Waals surface area (Å²) in [5.41, 5.74) is 1.27. The molecule has 0 aliphatic rings. The molecule has 0 spiro atoms. The third-order valence-electron chi connectivity index (χ3n) is 5.36. The molecule has 0 fully saturated rings. The first-order valence-electron chi connectivity index (χ1n) is 10.8. The van der Waals surface area contributed by atoms with Crippen LogP contribution in [0.4, 0.5) is 13.2 Å². The molecule has 0 saturated heterocycles. The number of rotatable bonds is 8. The van der Waals surface area contributed by atoms with E-state index in [1.54, 1.807) is 4.90 Å². The quantitative estimate of drug-likeness (QED) is 0.336. The van der Waals surface area contributed by atoms with Gasteiger partial charge in [-0.2, -0.15) is 18.2 Å². The molecule has 34 heavy (non-hydrogen) atoms. The largest absolute Gasteiger partial charge is 0.416 e. The predicted octanol–water partition coefficient (Wildman–Crippen LogP) is 5.68. The molecule has 8 heteroatoms. The molecule has 1 aromatic heterocycles. The second-order valence-electron chi connectivity index (χ2n) is 7.73. The highest BCUT2D eigenvalue weighted by Gasteiger charge is 2.30. The second-order valence-corrected chi connectivity index (χ2v) is 7.73. The number of hydrogen-bond acceptors (Lipinski definition) is 4. The van der Waals surface area contributed by atoms with Gasteiger partial charge >= 0.3 is 6.18 Å². The smallest absolute Gasteiger partial charge is 0.339 e. The molecule has 0 unspecified atom stereocenters. The van der Waals surface area contributed by atoms with Crippen molar-refractivity contribution in [3.63, 3.8) is 0 Å². The maximum atomic E-state index is 13.2. The van der Waals surface area contributed by atoms with Gasteiger partial charge in [0.05, 0.1) is 5.56 Å². The molecule has 4 aromatic rings. The number of halogens is 3. The van der Waals surface area contributed by atoms with Crippen LogP contribution in [0.5, 0.6) is 0 Å². The number of carbonyl (C=O) groups excluding carboxylic acids is 1. The number of aromatic nitrogens is 2. The fourth-order valence-electron chi connectivity index (χ4n) is 3.50. The van der Waals surface area contributed by atoms with Crippen molar-refractivity contribution in [3.05, 3.63) is 108 Å². The van der Waals surface area contributed by atoms with Crippen molar-refractivity contribution < 1.29 is 22.5 Å². The zero-order chi connectivity index (χ0) is 24.0. The molecule has 0 saturated carbocycles. The minimum atomic E-state index is -4.46. The van der Waals surface area contributed by atoms with Gasteiger partial charge in [0.25, 0.3) is 5.91 Å². The molecule has 5 nitrogen and oxygen atoms in total. The Kier molecular flexibility index (Phi) is 7.06. The van der Waals surface area contributed by atoms with Gasteiger partial charge in [-0.3, -0.25) is 4.79 Å². The molecule has 0 aliphatic carbocycles. The van der Waals surface area contributed by atoms with E-state index < -0.39 is 11.7 Å². The SMILES string of the molecule is O=C(c1ccc(C(F)(F)F)cc1)N(CCc1ccccc1)CCc1nc(-c2ccccc2)no1. The van der Waals surface area contributed by atoms with Crippen molar-refractivity contribution in [2.24, 2.45) is 0 Å². The average Bonchev–Trinajstić information content (AvgIpc) is 3.33. The topological polar surface area (TPSA) is 59.2 Å². The van der Waals surface area contributed by atoms with Crippen LogP contribution in [0.2, 0.25) is 0 Å². The first kappa shape index (κ1) is 23.2. The van der Waals surface area contributed by atoms with Crippen LogP contribution in [0.1, 0.15) is 27.4 Å². The summed E-state index contributed by atoms with van der Waals surface area (Å²) in [7, 11) is 0. The fourth-order valence-corrected chi connectivity index (χ4v) is 3.50. The van der Waals surface area contributed by atoms with Crippen molar-refractivity contribution in [2.45, 2.75) is 19.0 Å². The molecular formula is C26H22F3N3O2. The van der Waals surface area contributed by atoms with Gasteiger partial charge in [0.2, 0.25) is 11.7 Å². The zero-order valence-corrected chi connectivity index (χ0v) is 18.2. The van der Waals surface area contributed by atoms with Gasteiger partial charge in [-0.1, -0.05) is 65.8 Å². The van der Waals surface area contributed by atoms with E-state index in [9.17, 15) is 18.0 Å². The summed E-state index contributed by atoms with van der Waals surface area (Å²) in [6.45, 7) is 0.673. The number of nitrogens with zero attached hydrogens (tertiary/aromatic N) is 3. The number of alkyl halides is 3. The van der Waals surface area contributed by atoms with Crippen molar-refractivity contribution in [2.75, 3.05) is 13.1 Å². The summed E-state index contributed by atoms with van der Waals surface area (Å²) in [6, 6.07) is 23.3. The molecule has 0 bridgehead atoms. The van der Waals surface area contributed by atoms with Crippen LogP contribution in [-0.2, 0) is 19.0 Å². The van der Waals surface area contributed by atoms with E-state index in [1.165, 1.54) is 12.1 Å². The average molecular weight is 465 g/mol. The lowest BCUT2D eigenvalue weighted by molar-refractivity contribution is -0.137. The van der Waals surface area contributed by atoms with Gasteiger partial charge in [0.15, 0.2) is 0 Å². The van der Waals surface area contributed by atoms with Gasteiger partial charge in [0.1, 0.15) is 0 Å². The van der Waals surface area contributed by atoms with E-state index in [0.29, 0.717) is 31.1 Å². The van der Waals surface area contributed by atoms with Gasteiger partial charge in [0, 0.05) is 30.6 Å². The predicted molar refractivity (Wildman–Crippen MR) is 121 cm³/mol. The van der Waals surface area contributed by atoms with Crippen molar-refractivity contribution in [3.8, 4) is 11.4 Å². The first-order chi connectivity index (χ1) is 16.4. The highest BCUT2D eigenvalue weighted by atomic mass is 19.4. The number of amides is 1. The van der Waals surface area contributed by atoms with E-state index in [2.05, 4.69) is 10.1 Å². The molecule has 0 radical (unpaired) electrons. The summed E-state index contributed by atoms with van der Waals surface area (Å²) >= 11 is 0. The lowest BCUT2D eigenvalue weighted by atomic mass is 10.1. The Morgan fingerprint density at radius 1 is 0.824 bits per heavy atom.